The van der Waals surface area contributed by atoms with E-state index in [2.05, 4.69) is 0 Å². The number of hydrogen-bond donors (Lipinski definition) is 6. The molecule has 0 aromatic carbocycles. The number of rotatable bonds is 6. The molecule has 0 rings (SSSR count). The molecular formula is C9H16Na2O10. The number of hydrogen-bond acceptors (Lipinski definition) is 6. The summed E-state index contributed by atoms with van der Waals surface area (Å²) < 4.78 is 0. The quantitative estimate of drug-likeness (QED) is 0.272. The van der Waals surface area contributed by atoms with E-state index < -0.39 is 48.4 Å². The van der Waals surface area contributed by atoms with Crippen LogP contribution in [0.5, 0.6) is 0 Å². The third kappa shape index (κ3) is 16.0. The van der Waals surface area contributed by atoms with Crippen molar-refractivity contribution >= 4 is 83.0 Å². The predicted octanol–water partition coefficient (Wildman–Crippen LogP) is -3.09. The summed E-state index contributed by atoms with van der Waals surface area (Å²) in [7, 11) is 0. The zero-order valence-corrected chi connectivity index (χ0v) is 9.81. The molecule has 0 spiro atoms. The first-order valence-corrected chi connectivity index (χ1v) is 4.72. The van der Waals surface area contributed by atoms with Gasteiger partial charge in [0.15, 0.2) is 5.60 Å². The van der Waals surface area contributed by atoms with Crippen LogP contribution in [0, 0.1) is 0 Å². The molecule has 0 aliphatic carbocycles. The van der Waals surface area contributed by atoms with Gasteiger partial charge in [0.05, 0.1) is 12.8 Å². The summed E-state index contributed by atoms with van der Waals surface area (Å²) >= 11 is 0. The molecule has 0 aliphatic rings. The minimum absolute atomic E-state index is 0. The number of aliphatic hydroxyl groups is 2. The van der Waals surface area contributed by atoms with E-state index in [1.54, 1.807) is 0 Å². The van der Waals surface area contributed by atoms with Crippen molar-refractivity contribution in [1.82, 2.24) is 0 Å². The molecule has 1 unspecified atom stereocenters. The van der Waals surface area contributed by atoms with Crippen LogP contribution >= 0.6 is 0 Å². The molecule has 0 bridgehead atoms. The van der Waals surface area contributed by atoms with E-state index in [1.165, 1.54) is 6.92 Å². The molecule has 10 nitrogen and oxygen atoms in total. The van der Waals surface area contributed by atoms with Gasteiger partial charge in [0, 0.05) is 0 Å². The molecule has 0 aromatic heterocycles. The van der Waals surface area contributed by atoms with Gasteiger partial charge >= 0.3 is 83.0 Å². The van der Waals surface area contributed by atoms with Gasteiger partial charge in [-0.3, -0.25) is 9.59 Å². The Labute approximate surface area is 163 Å². The number of aliphatic carboxylic acids is 4. The second-order valence-corrected chi connectivity index (χ2v) is 3.49. The monoisotopic (exact) mass is 330 g/mol. The van der Waals surface area contributed by atoms with Gasteiger partial charge in [-0.05, 0) is 6.92 Å². The molecule has 0 saturated carbocycles. The molecule has 0 amide bonds. The Kier molecular flexibility index (Phi) is 18.5. The van der Waals surface area contributed by atoms with Gasteiger partial charge in [0.1, 0.15) is 6.10 Å². The maximum atomic E-state index is 10.3. The zero-order chi connectivity index (χ0) is 15.8. The summed E-state index contributed by atoms with van der Waals surface area (Å²) in [6, 6.07) is 0. The molecule has 0 heterocycles. The van der Waals surface area contributed by atoms with Crippen LogP contribution < -0.4 is 0 Å². The molecule has 0 aromatic rings. The molecule has 21 heavy (non-hydrogen) atoms. The average Bonchev–Trinajstić information content (AvgIpc) is 2.14. The third-order valence-corrected chi connectivity index (χ3v) is 1.64. The summed E-state index contributed by atoms with van der Waals surface area (Å²) in [6.07, 6.45) is -3.52. The van der Waals surface area contributed by atoms with Crippen LogP contribution in [0.1, 0.15) is 19.8 Å². The van der Waals surface area contributed by atoms with Gasteiger partial charge in [-0.2, -0.15) is 0 Å². The van der Waals surface area contributed by atoms with Gasteiger partial charge in [0.25, 0.3) is 0 Å². The van der Waals surface area contributed by atoms with Crippen LogP contribution in [0.25, 0.3) is 0 Å². The van der Waals surface area contributed by atoms with Crippen LogP contribution in [0.4, 0.5) is 0 Å². The van der Waals surface area contributed by atoms with E-state index in [1.807, 2.05) is 0 Å². The molecule has 6 N–H and O–H groups in total. The first-order chi connectivity index (χ1) is 8.42. The van der Waals surface area contributed by atoms with E-state index in [-0.39, 0.29) is 59.1 Å². The van der Waals surface area contributed by atoms with Crippen molar-refractivity contribution in [3.63, 3.8) is 0 Å². The van der Waals surface area contributed by atoms with Crippen LogP contribution in [0.15, 0.2) is 0 Å². The molecular weight excluding hydrogens is 314 g/mol. The van der Waals surface area contributed by atoms with Gasteiger partial charge in [-0.25, -0.2) is 9.59 Å². The Morgan fingerprint density at radius 1 is 0.905 bits per heavy atom. The van der Waals surface area contributed by atoms with Gasteiger partial charge < -0.3 is 30.6 Å². The van der Waals surface area contributed by atoms with Crippen LogP contribution in [0.3, 0.4) is 0 Å². The number of carbonyl (C=O) groups is 4. The second kappa shape index (κ2) is 13.5. The van der Waals surface area contributed by atoms with Crippen molar-refractivity contribution in [3.8, 4) is 0 Å². The van der Waals surface area contributed by atoms with Crippen molar-refractivity contribution in [3.05, 3.63) is 0 Å². The normalized spacial score (nSPS) is 10.6. The Balaban J connectivity index is -0.000000156. The minimum atomic E-state index is -2.74. The van der Waals surface area contributed by atoms with Crippen molar-refractivity contribution in [1.29, 1.82) is 0 Å². The average molecular weight is 330 g/mol. The topological polar surface area (TPSA) is 190 Å². The number of carboxylic acids is 4. The summed E-state index contributed by atoms with van der Waals surface area (Å²) in [5.74, 6) is -6.20. The maximum absolute atomic E-state index is 10.3. The Hall–Kier alpha value is -0.200. The Bertz CT molecular complexity index is 352. The van der Waals surface area contributed by atoms with Gasteiger partial charge in [-0.1, -0.05) is 0 Å². The van der Waals surface area contributed by atoms with Gasteiger partial charge in [0.2, 0.25) is 0 Å². The molecule has 0 radical (unpaired) electrons. The summed E-state index contributed by atoms with van der Waals surface area (Å²) in [6.45, 7) is 1.20. The molecule has 1 atom stereocenters. The van der Waals surface area contributed by atoms with E-state index in [4.69, 9.17) is 30.6 Å². The fourth-order valence-corrected chi connectivity index (χ4v) is 0.714. The fourth-order valence-electron chi connectivity index (χ4n) is 0.714. The molecule has 114 valence electrons. The molecule has 12 heteroatoms. The Morgan fingerprint density at radius 2 is 1.14 bits per heavy atom. The number of carboxylic acid groups (broad SMARTS) is 4. The van der Waals surface area contributed by atoms with E-state index in [0.717, 1.165) is 0 Å². The molecule has 0 saturated heterocycles. The van der Waals surface area contributed by atoms with Crippen LogP contribution in [-0.2, 0) is 19.2 Å². The van der Waals surface area contributed by atoms with Crippen molar-refractivity contribution in [2.45, 2.75) is 31.5 Å². The molecule has 0 fully saturated rings. The molecule has 0 aliphatic heterocycles. The van der Waals surface area contributed by atoms with Crippen LogP contribution in [-0.4, -0.2) is 125 Å². The van der Waals surface area contributed by atoms with Crippen LogP contribution in [0.2, 0.25) is 0 Å². The van der Waals surface area contributed by atoms with E-state index >= 15 is 0 Å². The summed E-state index contributed by atoms with van der Waals surface area (Å²) in [5.41, 5.74) is -2.74. The summed E-state index contributed by atoms with van der Waals surface area (Å²) in [5, 5.41) is 49.6. The Morgan fingerprint density at radius 3 is 1.24 bits per heavy atom. The zero-order valence-electron chi connectivity index (χ0n) is 9.81. The SMILES string of the molecule is CC(O)C(=O)O.O=C(O)CC(O)(CC(=O)O)C(=O)O.[NaH].[NaH]. The summed E-state index contributed by atoms with van der Waals surface area (Å²) in [4.78, 5) is 39.9. The standard InChI is InChI=1S/C6H8O7.C3H6O3.2Na.2H/c7-3(8)1-6(13,5(11)12)2-4(9)10;1-2(4)3(5)6;;;;/h13H,1-2H2,(H,7,8)(H,9,10)(H,11,12);2,4H,1H3,(H,5,6);;;;. The first kappa shape index (κ1) is 28.9. The predicted molar refractivity (Wildman–Crippen MR) is 70.7 cm³/mol. The van der Waals surface area contributed by atoms with E-state index in [0.29, 0.717) is 0 Å². The number of aliphatic hydroxyl groups excluding tert-OH is 1. The third-order valence-electron chi connectivity index (χ3n) is 1.64. The van der Waals surface area contributed by atoms with E-state index in [9.17, 15) is 19.2 Å². The van der Waals surface area contributed by atoms with Crippen molar-refractivity contribution < 1.29 is 49.8 Å². The first-order valence-electron chi connectivity index (χ1n) is 4.72. The van der Waals surface area contributed by atoms with Gasteiger partial charge in [-0.15, -0.1) is 0 Å². The van der Waals surface area contributed by atoms with Crippen molar-refractivity contribution in [2.75, 3.05) is 0 Å². The second-order valence-electron chi connectivity index (χ2n) is 3.49. The van der Waals surface area contributed by atoms with Crippen molar-refractivity contribution in [2.24, 2.45) is 0 Å². The fraction of sp³-hybridized carbons (Fsp3) is 0.556.